The minimum Gasteiger partial charge on any atom is -0.324 e. The molecule has 0 fully saturated rings. The fourth-order valence-corrected chi connectivity index (χ4v) is 2.61. The number of fused-ring (bicyclic) bond motifs is 2. The quantitative estimate of drug-likeness (QED) is 0.602. The molecule has 0 unspecified atom stereocenters. The highest BCUT2D eigenvalue weighted by Crippen LogP contribution is 2.22. The first-order chi connectivity index (χ1) is 10.8. The molecule has 0 amide bonds. The number of benzene rings is 2. The summed E-state index contributed by atoms with van der Waals surface area (Å²) in [6.07, 6.45) is 4.62. The average molecular weight is 289 g/mol. The van der Waals surface area contributed by atoms with E-state index in [1.165, 1.54) is 5.56 Å². The Morgan fingerprint density at radius 3 is 2.95 bits per heavy atom. The third-order valence-electron chi connectivity index (χ3n) is 3.77. The van der Waals surface area contributed by atoms with Gasteiger partial charge in [0.1, 0.15) is 0 Å². The molecule has 0 aliphatic rings. The molecule has 0 saturated carbocycles. The number of H-pyrrole nitrogens is 1. The molecule has 2 aromatic heterocycles. The van der Waals surface area contributed by atoms with Crippen LogP contribution >= 0.6 is 0 Å². The standard InChI is InChI=1S/C17H15N5/c1-2-11-4-3-5-13-9-18-17(21-16(11)13)20-14-7-6-12-10-19-22-15(12)8-14/h3-10H,2H2,1H3,(H,19,22)(H,18,20,21). The van der Waals surface area contributed by atoms with Gasteiger partial charge in [0.25, 0.3) is 0 Å². The molecule has 108 valence electrons. The van der Waals surface area contributed by atoms with E-state index in [1.54, 1.807) is 6.20 Å². The second kappa shape index (κ2) is 5.11. The van der Waals surface area contributed by atoms with Crippen LogP contribution in [-0.4, -0.2) is 20.2 Å². The van der Waals surface area contributed by atoms with Gasteiger partial charge in [-0.05, 0) is 30.2 Å². The van der Waals surface area contributed by atoms with E-state index >= 15 is 0 Å². The average Bonchev–Trinajstić information content (AvgIpc) is 3.02. The fraction of sp³-hybridized carbons (Fsp3) is 0.118. The third kappa shape index (κ3) is 2.16. The van der Waals surface area contributed by atoms with Crippen LogP contribution in [0.5, 0.6) is 0 Å². The van der Waals surface area contributed by atoms with Crippen LogP contribution in [0.1, 0.15) is 12.5 Å². The van der Waals surface area contributed by atoms with Gasteiger partial charge in [-0.25, -0.2) is 9.97 Å². The molecule has 0 atom stereocenters. The zero-order valence-corrected chi connectivity index (χ0v) is 12.2. The number of rotatable bonds is 3. The molecule has 2 N–H and O–H groups in total. The summed E-state index contributed by atoms with van der Waals surface area (Å²) in [5, 5.41) is 12.4. The number of para-hydroxylation sites is 1. The smallest absolute Gasteiger partial charge is 0.227 e. The molecule has 5 heteroatoms. The molecule has 4 aromatic rings. The van der Waals surface area contributed by atoms with E-state index in [9.17, 15) is 0 Å². The van der Waals surface area contributed by atoms with Gasteiger partial charge in [0.2, 0.25) is 5.95 Å². The molecular formula is C17H15N5. The van der Waals surface area contributed by atoms with Crippen LogP contribution in [-0.2, 0) is 6.42 Å². The highest BCUT2D eigenvalue weighted by Gasteiger charge is 2.05. The summed E-state index contributed by atoms with van der Waals surface area (Å²) in [5.74, 6) is 0.604. The van der Waals surface area contributed by atoms with Crippen molar-refractivity contribution in [2.75, 3.05) is 5.32 Å². The molecule has 0 radical (unpaired) electrons. The molecule has 22 heavy (non-hydrogen) atoms. The van der Waals surface area contributed by atoms with Gasteiger partial charge in [-0.15, -0.1) is 0 Å². The molecule has 2 aromatic carbocycles. The number of anilines is 2. The third-order valence-corrected chi connectivity index (χ3v) is 3.77. The maximum Gasteiger partial charge on any atom is 0.227 e. The SMILES string of the molecule is CCc1cccc2cnc(Nc3ccc4cn[nH]c4c3)nc12. The lowest BCUT2D eigenvalue weighted by Crippen LogP contribution is -1.98. The monoisotopic (exact) mass is 289 g/mol. The molecule has 5 nitrogen and oxygen atoms in total. The van der Waals surface area contributed by atoms with Crippen LogP contribution in [0.4, 0.5) is 11.6 Å². The molecule has 4 rings (SSSR count). The lowest BCUT2D eigenvalue weighted by molar-refractivity contribution is 1.12. The topological polar surface area (TPSA) is 66.5 Å². The lowest BCUT2D eigenvalue weighted by atomic mass is 10.1. The molecule has 0 spiro atoms. The van der Waals surface area contributed by atoms with Gasteiger partial charge >= 0.3 is 0 Å². The first kappa shape index (κ1) is 12.8. The first-order valence-corrected chi connectivity index (χ1v) is 7.28. The summed E-state index contributed by atoms with van der Waals surface area (Å²) in [6.45, 7) is 2.14. The Balaban J connectivity index is 1.74. The Hall–Kier alpha value is -2.95. The summed E-state index contributed by atoms with van der Waals surface area (Å²) in [6, 6.07) is 12.2. The molecule has 0 bridgehead atoms. The van der Waals surface area contributed by atoms with E-state index in [2.05, 4.69) is 38.5 Å². The van der Waals surface area contributed by atoms with Crippen molar-refractivity contribution in [3.63, 3.8) is 0 Å². The van der Waals surface area contributed by atoms with Crippen LogP contribution in [0.25, 0.3) is 21.8 Å². The van der Waals surface area contributed by atoms with Crippen molar-refractivity contribution in [1.29, 1.82) is 0 Å². The number of nitrogens with zero attached hydrogens (tertiary/aromatic N) is 3. The summed E-state index contributed by atoms with van der Waals surface area (Å²) >= 11 is 0. The highest BCUT2D eigenvalue weighted by molar-refractivity contribution is 5.84. The normalized spacial score (nSPS) is 11.1. The lowest BCUT2D eigenvalue weighted by Gasteiger charge is -2.08. The summed E-state index contributed by atoms with van der Waals surface area (Å²) in [7, 11) is 0. The van der Waals surface area contributed by atoms with Crippen molar-refractivity contribution >= 4 is 33.4 Å². The van der Waals surface area contributed by atoms with Crippen LogP contribution in [0.15, 0.2) is 48.8 Å². The number of hydrogen-bond acceptors (Lipinski definition) is 4. The Bertz CT molecular complexity index is 958. The Morgan fingerprint density at radius 1 is 1.09 bits per heavy atom. The Labute approximate surface area is 127 Å². The maximum absolute atomic E-state index is 4.66. The van der Waals surface area contributed by atoms with Crippen molar-refractivity contribution in [3.8, 4) is 0 Å². The van der Waals surface area contributed by atoms with Crippen molar-refractivity contribution in [1.82, 2.24) is 20.2 Å². The summed E-state index contributed by atoms with van der Waals surface area (Å²) < 4.78 is 0. The van der Waals surface area contributed by atoms with Gasteiger partial charge in [0.05, 0.1) is 17.2 Å². The predicted octanol–water partition coefficient (Wildman–Crippen LogP) is 3.81. The molecular weight excluding hydrogens is 274 g/mol. The van der Waals surface area contributed by atoms with E-state index in [4.69, 9.17) is 0 Å². The van der Waals surface area contributed by atoms with Crippen molar-refractivity contribution in [2.24, 2.45) is 0 Å². The number of hydrogen-bond donors (Lipinski definition) is 2. The molecule has 0 aliphatic heterocycles. The second-order valence-corrected chi connectivity index (χ2v) is 5.20. The van der Waals surface area contributed by atoms with Crippen LogP contribution in [0.3, 0.4) is 0 Å². The van der Waals surface area contributed by atoms with Crippen molar-refractivity contribution in [2.45, 2.75) is 13.3 Å². The van der Waals surface area contributed by atoms with Gasteiger partial charge in [-0.3, -0.25) is 5.10 Å². The van der Waals surface area contributed by atoms with Gasteiger partial charge < -0.3 is 5.32 Å². The van der Waals surface area contributed by atoms with Crippen molar-refractivity contribution in [3.05, 3.63) is 54.4 Å². The van der Waals surface area contributed by atoms with E-state index in [0.717, 1.165) is 33.9 Å². The first-order valence-electron chi connectivity index (χ1n) is 7.28. The summed E-state index contributed by atoms with van der Waals surface area (Å²) in [5.41, 5.74) is 4.15. The number of aromatic amines is 1. The Morgan fingerprint density at radius 2 is 2.05 bits per heavy atom. The van der Waals surface area contributed by atoms with Gasteiger partial charge in [0, 0.05) is 22.7 Å². The zero-order chi connectivity index (χ0) is 14.9. The summed E-state index contributed by atoms with van der Waals surface area (Å²) in [4.78, 5) is 9.06. The van der Waals surface area contributed by atoms with Crippen molar-refractivity contribution < 1.29 is 0 Å². The van der Waals surface area contributed by atoms with E-state index in [1.807, 2.05) is 36.5 Å². The van der Waals surface area contributed by atoms with Gasteiger partial charge in [0.15, 0.2) is 0 Å². The maximum atomic E-state index is 4.66. The van der Waals surface area contributed by atoms with E-state index in [0.29, 0.717) is 5.95 Å². The minimum atomic E-state index is 0.604. The van der Waals surface area contributed by atoms with Crippen LogP contribution in [0, 0.1) is 0 Å². The molecule has 2 heterocycles. The molecule has 0 saturated heterocycles. The van der Waals surface area contributed by atoms with Gasteiger partial charge in [-0.2, -0.15) is 5.10 Å². The number of aryl methyl sites for hydroxylation is 1. The van der Waals surface area contributed by atoms with Crippen LogP contribution < -0.4 is 5.32 Å². The fourth-order valence-electron chi connectivity index (χ4n) is 2.61. The molecule has 0 aliphatic carbocycles. The van der Waals surface area contributed by atoms with Crippen LogP contribution in [0.2, 0.25) is 0 Å². The van der Waals surface area contributed by atoms with Gasteiger partial charge in [-0.1, -0.05) is 25.1 Å². The second-order valence-electron chi connectivity index (χ2n) is 5.20. The largest absolute Gasteiger partial charge is 0.324 e. The highest BCUT2D eigenvalue weighted by atomic mass is 15.1. The predicted molar refractivity (Wildman–Crippen MR) is 88.3 cm³/mol. The van der Waals surface area contributed by atoms with E-state index in [-0.39, 0.29) is 0 Å². The number of nitrogens with one attached hydrogen (secondary N) is 2. The van der Waals surface area contributed by atoms with E-state index < -0.39 is 0 Å². The number of aromatic nitrogens is 4. The Kier molecular flexibility index (Phi) is 2.96. The zero-order valence-electron chi connectivity index (χ0n) is 12.2. The minimum absolute atomic E-state index is 0.604.